The second-order valence-electron chi connectivity index (χ2n) is 5.29. The molecule has 0 bridgehead atoms. The van der Waals surface area contributed by atoms with E-state index >= 15 is 0 Å². The number of unbranched alkanes of at least 4 members (excludes halogenated alkanes) is 3. The van der Waals surface area contributed by atoms with Gasteiger partial charge >= 0.3 is 0 Å². The average Bonchev–Trinajstić information content (AvgIpc) is 2.39. The van der Waals surface area contributed by atoms with E-state index in [2.05, 4.69) is 27.7 Å². The van der Waals surface area contributed by atoms with Crippen LogP contribution in [-0.2, 0) is 14.2 Å². The van der Waals surface area contributed by atoms with E-state index in [1.165, 1.54) is 0 Å². The van der Waals surface area contributed by atoms with Crippen molar-refractivity contribution in [1.29, 1.82) is 0 Å². The van der Waals surface area contributed by atoms with Crippen molar-refractivity contribution in [2.24, 2.45) is 0 Å². The molecule has 0 aromatic heterocycles. The minimum atomic E-state index is -0.474. The summed E-state index contributed by atoms with van der Waals surface area (Å²) in [6, 6.07) is 0. The maximum Gasteiger partial charge on any atom is 0.166 e. The lowest BCUT2D eigenvalue weighted by atomic mass is 10.3. The standard InChI is InChI=1S/C15H34O3Si/c1-5-8-11-16-14(4)15(19,17-12-9-6-2)18-13-10-7-3/h14H,5-13H2,1-4,19H3. The van der Waals surface area contributed by atoms with Gasteiger partial charge in [0, 0.05) is 19.8 Å². The van der Waals surface area contributed by atoms with Crippen molar-refractivity contribution >= 4 is 10.2 Å². The lowest BCUT2D eigenvalue weighted by Crippen LogP contribution is -2.48. The minimum Gasteiger partial charge on any atom is -0.373 e. The highest BCUT2D eigenvalue weighted by Crippen LogP contribution is 2.19. The van der Waals surface area contributed by atoms with Crippen LogP contribution in [0.3, 0.4) is 0 Å². The molecule has 116 valence electrons. The highest BCUT2D eigenvalue weighted by molar-refractivity contribution is 6.13. The number of hydrogen-bond donors (Lipinski definition) is 0. The van der Waals surface area contributed by atoms with E-state index in [1.54, 1.807) is 0 Å². The minimum absolute atomic E-state index is 0.0272. The van der Waals surface area contributed by atoms with Crippen LogP contribution >= 0.6 is 0 Å². The third-order valence-electron chi connectivity index (χ3n) is 3.38. The van der Waals surface area contributed by atoms with Crippen molar-refractivity contribution in [3.8, 4) is 0 Å². The summed E-state index contributed by atoms with van der Waals surface area (Å²) in [4.78, 5) is 0. The van der Waals surface area contributed by atoms with Gasteiger partial charge in [0.05, 0.1) is 10.2 Å². The van der Waals surface area contributed by atoms with Crippen LogP contribution in [0.15, 0.2) is 0 Å². The summed E-state index contributed by atoms with van der Waals surface area (Å²) in [5, 5.41) is 0. The Morgan fingerprint density at radius 1 is 0.842 bits per heavy atom. The first-order chi connectivity index (χ1) is 9.10. The Morgan fingerprint density at radius 2 is 1.26 bits per heavy atom. The monoisotopic (exact) mass is 290 g/mol. The normalized spacial score (nSPS) is 13.9. The van der Waals surface area contributed by atoms with Crippen molar-refractivity contribution < 1.29 is 14.2 Å². The fraction of sp³-hybridized carbons (Fsp3) is 1.00. The third kappa shape index (κ3) is 8.79. The molecule has 0 rings (SSSR count). The lowest BCUT2D eigenvalue weighted by Gasteiger charge is -2.36. The SMILES string of the molecule is CCCCOC(C)C([SiH3])(OCCCC)OCCCC. The van der Waals surface area contributed by atoms with Gasteiger partial charge in [0.25, 0.3) is 0 Å². The van der Waals surface area contributed by atoms with Crippen LogP contribution in [0.5, 0.6) is 0 Å². The maximum absolute atomic E-state index is 6.02. The molecule has 0 fully saturated rings. The van der Waals surface area contributed by atoms with Crippen molar-refractivity contribution in [2.75, 3.05) is 19.8 Å². The summed E-state index contributed by atoms with van der Waals surface area (Å²) in [7, 11) is 0.835. The van der Waals surface area contributed by atoms with Crippen LogP contribution in [0.1, 0.15) is 66.2 Å². The topological polar surface area (TPSA) is 27.7 Å². The molecule has 0 aromatic carbocycles. The third-order valence-corrected chi connectivity index (χ3v) is 4.77. The van der Waals surface area contributed by atoms with Crippen molar-refractivity contribution in [2.45, 2.75) is 77.7 Å². The second-order valence-corrected chi connectivity index (χ2v) is 6.68. The van der Waals surface area contributed by atoms with Crippen LogP contribution in [-0.4, -0.2) is 41.6 Å². The molecule has 0 saturated carbocycles. The van der Waals surface area contributed by atoms with Gasteiger partial charge < -0.3 is 14.2 Å². The first-order valence-corrected chi connectivity index (χ1v) is 9.00. The van der Waals surface area contributed by atoms with Crippen LogP contribution in [0.25, 0.3) is 0 Å². The summed E-state index contributed by atoms with van der Waals surface area (Å²) in [5.41, 5.74) is -0.474. The van der Waals surface area contributed by atoms with E-state index in [0.717, 1.165) is 68.6 Å². The van der Waals surface area contributed by atoms with Crippen LogP contribution in [0.4, 0.5) is 0 Å². The number of hydrogen-bond acceptors (Lipinski definition) is 3. The first kappa shape index (κ1) is 19.1. The van der Waals surface area contributed by atoms with E-state index in [9.17, 15) is 0 Å². The second kappa shape index (κ2) is 11.9. The van der Waals surface area contributed by atoms with E-state index in [1.807, 2.05) is 0 Å². The summed E-state index contributed by atoms with van der Waals surface area (Å²) in [6.07, 6.45) is 6.76. The van der Waals surface area contributed by atoms with Crippen LogP contribution < -0.4 is 0 Å². The molecule has 0 amide bonds. The van der Waals surface area contributed by atoms with Gasteiger partial charge in [-0.3, -0.25) is 0 Å². The quantitative estimate of drug-likeness (QED) is 0.296. The largest absolute Gasteiger partial charge is 0.373 e. The molecular weight excluding hydrogens is 256 g/mol. The van der Waals surface area contributed by atoms with Crippen molar-refractivity contribution in [3.63, 3.8) is 0 Å². The van der Waals surface area contributed by atoms with Gasteiger partial charge in [-0.15, -0.1) is 0 Å². The zero-order valence-corrected chi connectivity index (χ0v) is 15.7. The molecule has 0 radical (unpaired) electrons. The molecular formula is C15H34O3Si. The summed E-state index contributed by atoms with van der Waals surface area (Å²) in [5.74, 6) is 0. The Balaban J connectivity index is 4.26. The predicted octanol–water partition coefficient (Wildman–Crippen LogP) is 2.84. The molecule has 0 spiro atoms. The summed E-state index contributed by atoms with van der Waals surface area (Å²) in [6.45, 7) is 11.0. The van der Waals surface area contributed by atoms with Gasteiger partial charge in [-0.2, -0.15) is 0 Å². The van der Waals surface area contributed by atoms with E-state index in [4.69, 9.17) is 14.2 Å². The fourth-order valence-corrected chi connectivity index (χ4v) is 2.25. The molecule has 4 heteroatoms. The van der Waals surface area contributed by atoms with Crippen LogP contribution in [0.2, 0.25) is 0 Å². The van der Waals surface area contributed by atoms with Crippen LogP contribution in [0, 0.1) is 0 Å². The predicted molar refractivity (Wildman–Crippen MR) is 84.7 cm³/mol. The van der Waals surface area contributed by atoms with E-state index in [-0.39, 0.29) is 6.10 Å². The maximum atomic E-state index is 6.02. The molecule has 0 heterocycles. The molecule has 0 aliphatic heterocycles. The smallest absolute Gasteiger partial charge is 0.166 e. The van der Waals surface area contributed by atoms with Gasteiger partial charge in [-0.1, -0.05) is 40.0 Å². The molecule has 19 heavy (non-hydrogen) atoms. The Labute approximate surface area is 122 Å². The molecule has 0 aliphatic rings. The average molecular weight is 291 g/mol. The number of ether oxygens (including phenoxy) is 3. The van der Waals surface area contributed by atoms with E-state index < -0.39 is 5.41 Å². The Hall–Kier alpha value is 0.0969. The van der Waals surface area contributed by atoms with Crippen molar-refractivity contribution in [1.82, 2.24) is 0 Å². The fourth-order valence-electron chi connectivity index (χ4n) is 1.67. The van der Waals surface area contributed by atoms with E-state index in [0.29, 0.717) is 0 Å². The van der Waals surface area contributed by atoms with Gasteiger partial charge in [-0.25, -0.2) is 0 Å². The zero-order chi connectivity index (χ0) is 14.6. The highest BCUT2D eigenvalue weighted by atomic mass is 28.1. The zero-order valence-electron chi connectivity index (χ0n) is 13.7. The molecule has 1 atom stereocenters. The molecule has 0 N–H and O–H groups in total. The van der Waals surface area contributed by atoms with Gasteiger partial charge in [0.2, 0.25) is 0 Å². The molecule has 0 aliphatic carbocycles. The first-order valence-electron chi connectivity index (χ1n) is 8.00. The molecule has 0 saturated heterocycles. The van der Waals surface area contributed by atoms with Crippen molar-refractivity contribution in [3.05, 3.63) is 0 Å². The Bertz CT molecular complexity index is 190. The molecule has 3 nitrogen and oxygen atoms in total. The Kier molecular flexibility index (Phi) is 11.9. The van der Waals surface area contributed by atoms with Gasteiger partial charge in [0.15, 0.2) is 5.41 Å². The summed E-state index contributed by atoms with van der Waals surface area (Å²) < 4.78 is 17.9. The summed E-state index contributed by atoms with van der Waals surface area (Å²) >= 11 is 0. The molecule has 0 aromatic rings. The Morgan fingerprint density at radius 3 is 1.68 bits per heavy atom. The highest BCUT2D eigenvalue weighted by Gasteiger charge is 2.33. The lowest BCUT2D eigenvalue weighted by molar-refractivity contribution is -0.236. The molecule has 1 unspecified atom stereocenters. The van der Waals surface area contributed by atoms with Gasteiger partial charge in [-0.05, 0) is 26.2 Å². The van der Waals surface area contributed by atoms with Gasteiger partial charge in [0.1, 0.15) is 6.10 Å². The number of rotatable bonds is 13.